The van der Waals surface area contributed by atoms with Crippen LogP contribution in [0.1, 0.15) is 43.4 Å². The first-order valence-electron chi connectivity index (χ1n) is 16.5. The molecule has 6 aromatic carbocycles. The summed E-state index contributed by atoms with van der Waals surface area (Å²) in [4.78, 5) is 0. The third kappa shape index (κ3) is 4.19. The fourth-order valence-electron chi connectivity index (χ4n) is 9.87. The van der Waals surface area contributed by atoms with E-state index in [1.807, 2.05) is 0 Å². The van der Waals surface area contributed by atoms with Crippen molar-refractivity contribution in [2.45, 2.75) is 30.4 Å². The van der Waals surface area contributed by atoms with Gasteiger partial charge in [-0.15, -0.1) is 0 Å². The van der Waals surface area contributed by atoms with E-state index < -0.39 is 15.9 Å². The molecule has 2 unspecified atom stereocenters. The molecule has 46 heavy (non-hydrogen) atoms. The van der Waals surface area contributed by atoms with Gasteiger partial charge in [0.25, 0.3) is 0 Å². The molecule has 0 aliphatic heterocycles. The van der Waals surface area contributed by atoms with Crippen molar-refractivity contribution in [1.29, 1.82) is 0 Å². The number of benzene rings is 6. The molecule has 8 rings (SSSR count). The maximum absolute atomic E-state index is 7.53. The van der Waals surface area contributed by atoms with E-state index in [0.29, 0.717) is 10.8 Å². The van der Waals surface area contributed by atoms with Gasteiger partial charge in [0.2, 0.25) is 0 Å². The predicted molar refractivity (Wildman–Crippen MR) is 203 cm³/mol. The van der Waals surface area contributed by atoms with Gasteiger partial charge < -0.3 is 0 Å². The first kappa shape index (κ1) is 30.1. The zero-order valence-electron chi connectivity index (χ0n) is 27.1. The topological polar surface area (TPSA) is 0 Å². The van der Waals surface area contributed by atoms with Crippen molar-refractivity contribution in [1.82, 2.24) is 0 Å². The predicted octanol–water partition coefficient (Wildman–Crippen LogP) is 12.0. The molecular weight excluding hydrogens is 671 g/mol. The average molecular weight is 712 g/mol. The first-order valence-corrected chi connectivity index (χ1v) is 32.4. The van der Waals surface area contributed by atoms with Gasteiger partial charge in [-0.3, -0.25) is 0 Å². The van der Waals surface area contributed by atoms with Gasteiger partial charge in [0.1, 0.15) is 0 Å². The summed E-state index contributed by atoms with van der Waals surface area (Å²) in [6, 6.07) is 45.0. The van der Waals surface area contributed by atoms with Crippen molar-refractivity contribution in [3.05, 3.63) is 155 Å². The van der Waals surface area contributed by atoms with Gasteiger partial charge in [-0.25, -0.2) is 0 Å². The fraction of sp³-hybridized carbons (Fsp3) is 0.163. The van der Waals surface area contributed by atoms with Crippen LogP contribution in [-0.4, -0.2) is 10.5 Å². The second-order valence-corrected chi connectivity index (χ2v) is 58.1. The van der Waals surface area contributed by atoms with Crippen molar-refractivity contribution in [2.24, 2.45) is 0 Å². The molecule has 0 spiro atoms. The summed E-state index contributed by atoms with van der Waals surface area (Å²) in [7, 11) is 0. The summed E-state index contributed by atoms with van der Waals surface area (Å²) in [6.07, 6.45) is 5.00. The summed E-state index contributed by atoms with van der Waals surface area (Å²) >= 11 is 2.97. The number of halogens is 1. The van der Waals surface area contributed by atoms with E-state index in [1.54, 1.807) is 0 Å². The Morgan fingerprint density at radius 2 is 0.891 bits per heavy atom. The maximum atomic E-state index is 7.53. The molecule has 0 N–H and O–H groups in total. The molecule has 3 heteroatoms. The number of allylic oxidation sites excluding steroid dienone is 2. The number of hydrogen-bond acceptors (Lipinski definition) is 0. The van der Waals surface area contributed by atoms with Gasteiger partial charge in [0.05, 0.1) is 0 Å². The average Bonchev–Trinajstić information content (AvgIpc) is 3.61. The standard InChI is InChI=1S/2C20H15.CH2Cl.2CH3.H2Si.Zr/c2*1-14-12-16-8-5-11-19(20(16)13-14)18-10-4-7-15-6-2-3-9-17(15)18;1-2;;;;/h2*2-13H,1H3;1H2;2*1H3;1H2;. The van der Waals surface area contributed by atoms with Crippen LogP contribution in [0, 0.1) is 0 Å². The van der Waals surface area contributed by atoms with Crippen LogP contribution >= 0.6 is 11.6 Å². The minimum atomic E-state index is -4.56. The zero-order chi connectivity index (χ0) is 31.9. The van der Waals surface area contributed by atoms with Crippen molar-refractivity contribution in [3.63, 3.8) is 0 Å². The Bertz CT molecular complexity index is 2250. The van der Waals surface area contributed by atoms with Crippen LogP contribution in [0.25, 0.3) is 56.0 Å². The molecule has 2 aliphatic carbocycles. The van der Waals surface area contributed by atoms with E-state index >= 15 is 0 Å². The Kier molecular flexibility index (Phi) is 6.61. The number of hydrogen-bond donors (Lipinski definition) is 0. The van der Waals surface area contributed by atoms with Crippen molar-refractivity contribution >= 4 is 52.2 Å². The molecule has 0 amide bonds. The minimum absolute atomic E-state index is 0.322. The molecular formula is C43H40ClSiZr. The van der Waals surface area contributed by atoms with Crippen LogP contribution in [0.4, 0.5) is 0 Å². The summed E-state index contributed by atoms with van der Waals surface area (Å²) in [6.45, 7) is 7.10. The van der Waals surface area contributed by atoms with E-state index in [1.165, 1.54) is 77.2 Å². The van der Waals surface area contributed by atoms with E-state index in [9.17, 15) is 0 Å². The summed E-state index contributed by atoms with van der Waals surface area (Å²) < 4.78 is 6.71. The van der Waals surface area contributed by atoms with Crippen LogP contribution in [0.2, 0.25) is 9.26 Å². The Morgan fingerprint density at radius 1 is 0.522 bits per heavy atom. The molecule has 0 fully saturated rings. The van der Waals surface area contributed by atoms with Gasteiger partial charge in [0.15, 0.2) is 0 Å². The van der Waals surface area contributed by atoms with Gasteiger partial charge >= 0.3 is 279 Å². The molecule has 227 valence electrons. The van der Waals surface area contributed by atoms with Crippen LogP contribution in [0.3, 0.4) is 0 Å². The molecule has 0 aromatic heterocycles. The quantitative estimate of drug-likeness (QED) is 0.123. The second kappa shape index (κ2) is 10.1. The Labute approximate surface area is 277 Å². The van der Waals surface area contributed by atoms with Crippen molar-refractivity contribution in [2.75, 3.05) is 3.59 Å². The molecule has 6 aromatic rings. The van der Waals surface area contributed by atoms with Crippen LogP contribution in [0.5, 0.6) is 0 Å². The number of fused-ring (bicyclic) bond motifs is 4. The van der Waals surface area contributed by atoms with Gasteiger partial charge in [-0.1, -0.05) is 0 Å². The van der Waals surface area contributed by atoms with Crippen LogP contribution in [-0.2, 0) is 15.9 Å². The van der Waals surface area contributed by atoms with Gasteiger partial charge in [-0.05, 0) is 0 Å². The molecule has 0 bridgehead atoms. The monoisotopic (exact) mass is 709 g/mol. The van der Waals surface area contributed by atoms with E-state index in [-0.39, 0.29) is 0 Å². The molecule has 0 saturated heterocycles. The molecule has 0 saturated carbocycles. The normalized spacial score (nSPS) is 18.9. The van der Waals surface area contributed by atoms with Gasteiger partial charge in [-0.2, -0.15) is 0 Å². The summed E-state index contributed by atoms with van der Waals surface area (Å²) in [5, 5.41) is 5.17. The first-order chi connectivity index (χ1) is 22.0. The Hall–Kier alpha value is -3.29. The van der Waals surface area contributed by atoms with E-state index in [0.717, 1.165) is 0 Å². The molecule has 2 atom stereocenters. The Morgan fingerprint density at radius 3 is 1.33 bits per heavy atom. The molecule has 0 nitrogen and oxygen atoms in total. The summed E-state index contributed by atoms with van der Waals surface area (Å²) in [5.74, 6) is 0. The van der Waals surface area contributed by atoms with Crippen LogP contribution < -0.4 is 0 Å². The molecule has 0 radical (unpaired) electrons. The third-order valence-corrected chi connectivity index (χ3v) is 43.5. The summed E-state index contributed by atoms with van der Waals surface area (Å²) in [5.41, 5.74) is 13.9. The second-order valence-electron chi connectivity index (χ2n) is 15.7. The van der Waals surface area contributed by atoms with Gasteiger partial charge in [0, 0.05) is 0 Å². The van der Waals surface area contributed by atoms with E-state index in [2.05, 4.69) is 163 Å². The SMILES string of the molecule is CC1=Cc2c(-c3cccc4ccccc34)cccc2[CH]1[Zr]([CH3])([CH3])(=[SiH2])([CH2]Cl)[CH]1C(C)=Cc2c(-c3cccc4ccccc34)cccc21. The molecule has 0 heterocycles. The fourth-order valence-corrected chi connectivity index (χ4v) is 36.4. The Balaban J connectivity index is 1.33. The number of alkyl halides is 1. The molecule has 2 aliphatic rings. The van der Waals surface area contributed by atoms with E-state index in [4.69, 9.17) is 11.6 Å². The number of rotatable bonds is 5. The van der Waals surface area contributed by atoms with Crippen molar-refractivity contribution < 1.29 is 15.9 Å². The zero-order valence-corrected chi connectivity index (χ0v) is 31.8. The third-order valence-electron chi connectivity index (χ3n) is 11.5. The van der Waals surface area contributed by atoms with Crippen LogP contribution in [0.15, 0.2) is 132 Å². The van der Waals surface area contributed by atoms with Crippen molar-refractivity contribution in [3.8, 4) is 22.3 Å².